The molecule has 0 bridgehead atoms. The third-order valence-electron chi connectivity index (χ3n) is 5.71. The van der Waals surface area contributed by atoms with Gasteiger partial charge in [0.1, 0.15) is 11.3 Å². The number of rotatable bonds is 4. The predicted octanol–water partition coefficient (Wildman–Crippen LogP) is 3.39. The lowest BCUT2D eigenvalue weighted by molar-refractivity contribution is 0.0934. The normalized spacial score (nSPS) is 14.2. The second-order valence-corrected chi connectivity index (χ2v) is 7.89. The molecule has 8 heteroatoms. The number of amides is 1. The molecule has 1 atom stereocenters. The molecule has 4 aromatic rings. The Labute approximate surface area is 182 Å². The van der Waals surface area contributed by atoms with Gasteiger partial charge in [0.25, 0.3) is 11.5 Å². The predicted molar refractivity (Wildman–Crippen MR) is 117 cm³/mol. The number of halogens is 1. The van der Waals surface area contributed by atoms with E-state index in [1.54, 1.807) is 25.3 Å². The molecule has 0 saturated heterocycles. The molecular formula is C24H21FN4O3. The molecule has 1 aliphatic heterocycles. The van der Waals surface area contributed by atoms with Crippen LogP contribution in [0.25, 0.3) is 16.8 Å². The molecule has 1 unspecified atom stereocenters. The Bertz CT molecular complexity index is 1370. The minimum Gasteiger partial charge on any atom is -0.376 e. The minimum absolute atomic E-state index is 0.125. The van der Waals surface area contributed by atoms with Crippen LogP contribution in [0.1, 0.15) is 40.1 Å². The van der Waals surface area contributed by atoms with Gasteiger partial charge in [0.05, 0.1) is 31.1 Å². The van der Waals surface area contributed by atoms with E-state index in [-0.39, 0.29) is 28.6 Å². The third kappa shape index (κ3) is 3.80. The molecule has 5 rings (SSSR count). The number of carbonyl (C=O) groups excluding carboxylic acids is 1. The van der Waals surface area contributed by atoms with Crippen molar-refractivity contribution in [2.24, 2.45) is 0 Å². The standard InChI is InChI=1S/C24H21FN4O3/c1-14(15-4-6-19(25)7-5-15)26-23(30)20-11-22-24(31)27-21(12-29(22)28-20)17-3-2-16-8-9-32-13-18(16)10-17/h2-7,10-12,14H,8-9,13H2,1H3,(H,26,30)(H,27,31). The molecule has 162 valence electrons. The maximum absolute atomic E-state index is 13.1. The Morgan fingerprint density at radius 3 is 2.81 bits per heavy atom. The van der Waals surface area contributed by atoms with E-state index in [1.165, 1.54) is 28.3 Å². The maximum atomic E-state index is 13.1. The highest BCUT2D eigenvalue weighted by Crippen LogP contribution is 2.24. The average molecular weight is 432 g/mol. The first-order valence-corrected chi connectivity index (χ1v) is 10.4. The van der Waals surface area contributed by atoms with Gasteiger partial charge in [0, 0.05) is 6.07 Å². The summed E-state index contributed by atoms with van der Waals surface area (Å²) in [6.45, 7) is 3.06. The first kappa shape index (κ1) is 20.1. The molecule has 0 spiro atoms. The van der Waals surface area contributed by atoms with Crippen LogP contribution in [0.3, 0.4) is 0 Å². The van der Waals surface area contributed by atoms with E-state index in [0.29, 0.717) is 18.9 Å². The Kier molecular flexibility index (Phi) is 5.07. The van der Waals surface area contributed by atoms with E-state index in [0.717, 1.165) is 23.1 Å². The van der Waals surface area contributed by atoms with E-state index < -0.39 is 5.91 Å². The van der Waals surface area contributed by atoms with E-state index in [9.17, 15) is 14.0 Å². The molecule has 3 heterocycles. The molecule has 1 amide bonds. The van der Waals surface area contributed by atoms with Crippen LogP contribution in [0.4, 0.5) is 4.39 Å². The summed E-state index contributed by atoms with van der Waals surface area (Å²) in [6, 6.07) is 13.0. The lowest BCUT2D eigenvalue weighted by atomic mass is 9.99. The number of nitrogens with zero attached hydrogens (tertiary/aromatic N) is 2. The van der Waals surface area contributed by atoms with Crippen molar-refractivity contribution in [2.75, 3.05) is 6.61 Å². The first-order valence-electron chi connectivity index (χ1n) is 10.4. The van der Waals surface area contributed by atoms with Crippen LogP contribution < -0.4 is 10.9 Å². The summed E-state index contributed by atoms with van der Waals surface area (Å²) in [5.74, 6) is -0.758. The first-order chi connectivity index (χ1) is 15.5. The van der Waals surface area contributed by atoms with Crippen LogP contribution >= 0.6 is 0 Å². The summed E-state index contributed by atoms with van der Waals surface area (Å²) in [5, 5.41) is 7.14. The molecule has 32 heavy (non-hydrogen) atoms. The van der Waals surface area contributed by atoms with Crippen LogP contribution in [0.2, 0.25) is 0 Å². The summed E-state index contributed by atoms with van der Waals surface area (Å²) >= 11 is 0. The van der Waals surface area contributed by atoms with Crippen LogP contribution in [0.5, 0.6) is 0 Å². The highest BCUT2D eigenvalue weighted by atomic mass is 19.1. The van der Waals surface area contributed by atoms with Gasteiger partial charge in [-0.15, -0.1) is 0 Å². The number of H-pyrrole nitrogens is 1. The Morgan fingerprint density at radius 2 is 2.00 bits per heavy atom. The Morgan fingerprint density at radius 1 is 1.19 bits per heavy atom. The Hall–Kier alpha value is -3.78. The molecule has 0 aliphatic carbocycles. The number of benzene rings is 2. The SMILES string of the molecule is CC(NC(=O)c1cc2c(=O)[nH]c(-c3ccc4c(c3)COCC4)cn2n1)c1ccc(F)cc1. The van der Waals surface area contributed by atoms with Crippen LogP contribution in [-0.4, -0.2) is 27.1 Å². The maximum Gasteiger partial charge on any atom is 0.274 e. The van der Waals surface area contributed by atoms with E-state index >= 15 is 0 Å². The van der Waals surface area contributed by atoms with E-state index in [4.69, 9.17) is 4.74 Å². The summed E-state index contributed by atoms with van der Waals surface area (Å²) < 4.78 is 20.1. The summed E-state index contributed by atoms with van der Waals surface area (Å²) in [4.78, 5) is 28.2. The number of nitrogens with one attached hydrogen (secondary N) is 2. The fourth-order valence-electron chi connectivity index (χ4n) is 3.90. The third-order valence-corrected chi connectivity index (χ3v) is 5.71. The van der Waals surface area contributed by atoms with E-state index in [2.05, 4.69) is 21.5 Å². The van der Waals surface area contributed by atoms with E-state index in [1.807, 2.05) is 12.1 Å². The highest BCUT2D eigenvalue weighted by molar-refractivity contribution is 5.93. The zero-order valence-electron chi connectivity index (χ0n) is 17.4. The van der Waals surface area contributed by atoms with Crippen LogP contribution in [-0.2, 0) is 17.8 Å². The molecule has 0 radical (unpaired) electrons. The summed E-state index contributed by atoms with van der Waals surface area (Å²) in [7, 11) is 0. The zero-order chi connectivity index (χ0) is 22.2. The lowest BCUT2D eigenvalue weighted by Crippen LogP contribution is -2.27. The second-order valence-electron chi connectivity index (χ2n) is 7.89. The van der Waals surface area contributed by atoms with Crippen molar-refractivity contribution < 1.29 is 13.9 Å². The topological polar surface area (TPSA) is 88.5 Å². The lowest BCUT2D eigenvalue weighted by Gasteiger charge is -2.17. The largest absolute Gasteiger partial charge is 0.376 e. The van der Waals surface area contributed by atoms with Crippen molar-refractivity contribution in [3.8, 4) is 11.3 Å². The molecule has 1 aliphatic rings. The molecule has 2 aromatic carbocycles. The number of aromatic nitrogens is 3. The van der Waals surface area contributed by atoms with Gasteiger partial charge in [0.15, 0.2) is 5.69 Å². The van der Waals surface area contributed by atoms with Gasteiger partial charge in [-0.3, -0.25) is 9.59 Å². The van der Waals surface area contributed by atoms with Gasteiger partial charge in [-0.25, -0.2) is 8.91 Å². The van der Waals surface area contributed by atoms with Crippen LogP contribution in [0.15, 0.2) is 59.5 Å². The number of carbonyl (C=O) groups is 1. The van der Waals surface area contributed by atoms with Gasteiger partial charge in [0.2, 0.25) is 0 Å². The summed E-state index contributed by atoms with van der Waals surface area (Å²) in [6.07, 6.45) is 2.57. The Balaban J connectivity index is 1.43. The zero-order valence-corrected chi connectivity index (χ0v) is 17.4. The van der Waals surface area contributed by atoms with Gasteiger partial charge < -0.3 is 15.0 Å². The van der Waals surface area contributed by atoms with Crippen molar-refractivity contribution in [3.63, 3.8) is 0 Å². The molecule has 2 N–H and O–H groups in total. The monoisotopic (exact) mass is 432 g/mol. The smallest absolute Gasteiger partial charge is 0.274 e. The molecule has 0 fully saturated rings. The van der Waals surface area contributed by atoms with Crippen molar-refractivity contribution in [1.29, 1.82) is 0 Å². The molecule has 0 saturated carbocycles. The summed E-state index contributed by atoms with van der Waals surface area (Å²) in [5.41, 5.74) is 4.62. The number of hydrogen-bond donors (Lipinski definition) is 2. The molecular weight excluding hydrogens is 411 g/mol. The quantitative estimate of drug-likeness (QED) is 0.517. The van der Waals surface area contributed by atoms with Crippen molar-refractivity contribution >= 4 is 11.4 Å². The van der Waals surface area contributed by atoms with Gasteiger partial charge in [-0.1, -0.05) is 24.3 Å². The van der Waals surface area contributed by atoms with Gasteiger partial charge in [-0.2, -0.15) is 5.10 Å². The minimum atomic E-state index is -0.419. The van der Waals surface area contributed by atoms with Crippen molar-refractivity contribution in [2.45, 2.75) is 26.0 Å². The van der Waals surface area contributed by atoms with Crippen LogP contribution in [0, 0.1) is 5.82 Å². The fourth-order valence-corrected chi connectivity index (χ4v) is 3.90. The molecule has 2 aromatic heterocycles. The van der Waals surface area contributed by atoms with Gasteiger partial charge in [-0.05, 0) is 53.8 Å². The highest BCUT2D eigenvalue weighted by Gasteiger charge is 2.17. The number of ether oxygens (including phenoxy) is 1. The molecule has 7 nitrogen and oxygen atoms in total. The van der Waals surface area contributed by atoms with Crippen molar-refractivity contribution in [1.82, 2.24) is 19.9 Å². The van der Waals surface area contributed by atoms with Gasteiger partial charge >= 0.3 is 0 Å². The number of aromatic amines is 1. The number of fused-ring (bicyclic) bond motifs is 2. The number of hydrogen-bond acceptors (Lipinski definition) is 4. The van der Waals surface area contributed by atoms with Crippen molar-refractivity contribution in [3.05, 3.63) is 93.3 Å². The second kappa shape index (κ2) is 8.05. The fraction of sp³-hybridized carbons (Fsp3) is 0.208. The average Bonchev–Trinajstić information content (AvgIpc) is 3.24.